The van der Waals surface area contributed by atoms with Crippen LogP contribution >= 0.6 is 0 Å². The number of hydrogen-bond donors (Lipinski definition) is 1. The molecule has 1 aliphatic carbocycles. The average molecular weight is 166 g/mol. The Hall–Kier alpha value is -1.39. The van der Waals surface area contributed by atoms with Gasteiger partial charge in [0.15, 0.2) is 0 Å². The zero-order chi connectivity index (χ0) is 8.55. The Balaban J connectivity index is 2.02. The fraction of sp³-hybridized carbons (Fsp3) is 0.571. The molecular weight excluding hydrogens is 156 g/mol. The van der Waals surface area contributed by atoms with E-state index in [9.17, 15) is 4.79 Å². The fourth-order valence-corrected chi connectivity index (χ4v) is 0.950. The van der Waals surface area contributed by atoms with E-state index in [4.69, 9.17) is 0 Å². The normalized spacial score (nSPS) is 16.1. The molecule has 5 nitrogen and oxygen atoms in total. The van der Waals surface area contributed by atoms with E-state index >= 15 is 0 Å². The van der Waals surface area contributed by atoms with Gasteiger partial charge in [-0.15, -0.1) is 5.10 Å². The summed E-state index contributed by atoms with van der Waals surface area (Å²) in [5.74, 6) is 0.946. The number of carbonyl (C=O) groups is 1. The lowest BCUT2D eigenvalue weighted by atomic mass is 10.4. The fourth-order valence-electron chi connectivity index (χ4n) is 0.950. The summed E-state index contributed by atoms with van der Waals surface area (Å²) >= 11 is 0. The van der Waals surface area contributed by atoms with Gasteiger partial charge in [0, 0.05) is 5.92 Å². The van der Waals surface area contributed by atoms with E-state index in [0.29, 0.717) is 5.82 Å². The summed E-state index contributed by atoms with van der Waals surface area (Å²) in [5.41, 5.74) is 2.66. The van der Waals surface area contributed by atoms with Gasteiger partial charge in [0.25, 0.3) is 0 Å². The molecule has 5 heteroatoms. The number of aryl methyl sites for hydroxylation is 1. The average Bonchev–Trinajstić information content (AvgIpc) is 2.80. The van der Waals surface area contributed by atoms with Crippen LogP contribution in [0.1, 0.15) is 18.7 Å². The first-order chi connectivity index (χ1) is 5.77. The minimum Gasteiger partial charge on any atom is -0.273 e. The first kappa shape index (κ1) is 7.27. The highest BCUT2D eigenvalue weighted by Gasteiger charge is 2.30. The van der Waals surface area contributed by atoms with Crippen LogP contribution in [-0.2, 0) is 4.79 Å². The second-order valence-corrected chi connectivity index (χ2v) is 2.97. The summed E-state index contributed by atoms with van der Waals surface area (Å²) in [6, 6.07) is 0. The van der Waals surface area contributed by atoms with E-state index in [1.807, 2.05) is 0 Å². The van der Waals surface area contributed by atoms with Crippen molar-refractivity contribution in [1.82, 2.24) is 14.9 Å². The molecule has 1 saturated carbocycles. The van der Waals surface area contributed by atoms with Gasteiger partial charge in [-0.1, -0.05) is 0 Å². The maximum absolute atomic E-state index is 11.2. The van der Waals surface area contributed by atoms with Crippen molar-refractivity contribution in [1.29, 1.82) is 0 Å². The van der Waals surface area contributed by atoms with Gasteiger partial charge in [-0.2, -0.15) is 4.79 Å². The second kappa shape index (κ2) is 2.58. The van der Waals surface area contributed by atoms with Crippen LogP contribution < -0.4 is 5.43 Å². The van der Waals surface area contributed by atoms with Crippen LogP contribution in [0.5, 0.6) is 0 Å². The Morgan fingerprint density at radius 2 is 2.50 bits per heavy atom. The molecular formula is C7H10N4O. The van der Waals surface area contributed by atoms with E-state index in [2.05, 4.69) is 15.5 Å². The van der Waals surface area contributed by atoms with Gasteiger partial charge in [-0.05, 0) is 19.8 Å². The van der Waals surface area contributed by atoms with Crippen molar-refractivity contribution in [2.75, 3.05) is 5.43 Å². The summed E-state index contributed by atoms with van der Waals surface area (Å²) in [4.78, 5) is 16.5. The molecule has 1 N–H and O–H groups in total. The summed E-state index contributed by atoms with van der Waals surface area (Å²) in [5, 5.41) is 3.84. The van der Waals surface area contributed by atoms with Crippen LogP contribution in [0.3, 0.4) is 0 Å². The molecule has 0 aromatic carbocycles. The van der Waals surface area contributed by atoms with E-state index < -0.39 is 0 Å². The van der Waals surface area contributed by atoms with Crippen LogP contribution in [0.4, 0.5) is 0 Å². The molecule has 12 heavy (non-hydrogen) atoms. The predicted octanol–water partition coefficient (Wildman–Crippen LogP) is 0.0666. The molecule has 1 fully saturated rings. The highest BCUT2D eigenvalue weighted by atomic mass is 16.2. The Bertz CT molecular complexity index is 302. The third-order valence-electron chi connectivity index (χ3n) is 1.88. The molecule has 0 radical (unpaired) electrons. The maximum atomic E-state index is 11.2. The molecule has 0 aliphatic heterocycles. The predicted molar refractivity (Wildman–Crippen MR) is 41.9 cm³/mol. The maximum Gasteiger partial charge on any atom is 0.243 e. The third kappa shape index (κ3) is 1.30. The summed E-state index contributed by atoms with van der Waals surface area (Å²) in [6.07, 6.45) is 3.42. The minimum absolute atomic E-state index is 0.0450. The highest BCUT2D eigenvalue weighted by Crippen LogP contribution is 2.28. The second-order valence-electron chi connectivity index (χ2n) is 2.97. The van der Waals surface area contributed by atoms with Gasteiger partial charge >= 0.3 is 0 Å². The molecule has 64 valence electrons. The number of hydrogen-bond acceptors (Lipinski definition) is 3. The summed E-state index contributed by atoms with van der Waals surface area (Å²) in [7, 11) is 0. The summed E-state index contributed by atoms with van der Waals surface area (Å²) in [6.45, 7) is 1.79. The molecule has 1 aliphatic rings. The van der Waals surface area contributed by atoms with Crippen molar-refractivity contribution in [3.8, 4) is 0 Å². The lowest BCUT2D eigenvalue weighted by Crippen LogP contribution is -2.26. The number of aromatic nitrogens is 3. The monoisotopic (exact) mass is 166 g/mol. The van der Waals surface area contributed by atoms with E-state index in [1.165, 1.54) is 11.1 Å². The zero-order valence-corrected chi connectivity index (χ0v) is 6.82. The molecule has 1 aromatic heterocycles. The number of amides is 1. The highest BCUT2D eigenvalue weighted by molar-refractivity contribution is 5.87. The van der Waals surface area contributed by atoms with Gasteiger partial charge < -0.3 is 0 Å². The molecule has 0 saturated heterocycles. The minimum atomic E-state index is 0.0450. The quantitative estimate of drug-likeness (QED) is 0.676. The van der Waals surface area contributed by atoms with Crippen LogP contribution in [-0.4, -0.2) is 20.8 Å². The van der Waals surface area contributed by atoms with Crippen molar-refractivity contribution in [3.63, 3.8) is 0 Å². The van der Waals surface area contributed by atoms with E-state index in [1.54, 1.807) is 6.92 Å². The van der Waals surface area contributed by atoms with Crippen molar-refractivity contribution in [2.24, 2.45) is 5.92 Å². The number of nitrogens with zero attached hydrogens (tertiary/aromatic N) is 3. The van der Waals surface area contributed by atoms with Gasteiger partial charge in [0.2, 0.25) is 5.91 Å². The van der Waals surface area contributed by atoms with Crippen molar-refractivity contribution in [3.05, 3.63) is 12.2 Å². The Morgan fingerprint density at radius 1 is 1.75 bits per heavy atom. The Kier molecular flexibility index (Phi) is 1.56. The molecule has 0 spiro atoms. The Labute approximate surface area is 69.8 Å². The van der Waals surface area contributed by atoms with Crippen molar-refractivity contribution in [2.45, 2.75) is 19.8 Å². The molecule has 2 rings (SSSR count). The first-order valence-electron chi connectivity index (χ1n) is 3.95. The van der Waals surface area contributed by atoms with Crippen LogP contribution in [0, 0.1) is 12.8 Å². The SMILES string of the molecule is Cc1ncnn1NC(=O)C1CC1. The Morgan fingerprint density at radius 3 is 3.00 bits per heavy atom. The number of rotatable bonds is 2. The van der Waals surface area contributed by atoms with Gasteiger partial charge in [-0.3, -0.25) is 4.79 Å². The largest absolute Gasteiger partial charge is 0.273 e. The van der Waals surface area contributed by atoms with Gasteiger partial charge in [-0.25, -0.2) is 10.4 Å². The van der Waals surface area contributed by atoms with Crippen molar-refractivity contribution >= 4 is 5.91 Å². The third-order valence-corrected chi connectivity index (χ3v) is 1.88. The number of carbonyl (C=O) groups excluding carboxylic acids is 1. The molecule has 1 amide bonds. The molecule has 1 aromatic rings. The molecule has 0 atom stereocenters. The van der Waals surface area contributed by atoms with Crippen molar-refractivity contribution < 1.29 is 4.79 Å². The van der Waals surface area contributed by atoms with Gasteiger partial charge in [0.05, 0.1) is 0 Å². The van der Waals surface area contributed by atoms with E-state index in [0.717, 1.165) is 12.8 Å². The van der Waals surface area contributed by atoms with Crippen LogP contribution in [0.2, 0.25) is 0 Å². The smallest absolute Gasteiger partial charge is 0.243 e. The zero-order valence-electron chi connectivity index (χ0n) is 6.82. The lowest BCUT2D eigenvalue weighted by molar-refractivity contribution is -0.118. The molecule has 0 bridgehead atoms. The summed E-state index contributed by atoms with van der Waals surface area (Å²) < 4.78 is 0. The number of nitrogens with one attached hydrogen (secondary N) is 1. The lowest BCUT2D eigenvalue weighted by Gasteiger charge is -2.03. The van der Waals surface area contributed by atoms with Gasteiger partial charge in [0.1, 0.15) is 12.2 Å². The standard InChI is InChI=1S/C7H10N4O/c1-5-8-4-9-11(5)10-7(12)6-2-3-6/h4,6H,2-3H2,1H3,(H,10,12). The molecule has 0 unspecified atom stereocenters. The first-order valence-corrected chi connectivity index (χ1v) is 3.95. The topological polar surface area (TPSA) is 59.8 Å². The van der Waals surface area contributed by atoms with Crippen LogP contribution in [0.25, 0.3) is 0 Å². The molecule has 1 heterocycles. The van der Waals surface area contributed by atoms with E-state index in [-0.39, 0.29) is 11.8 Å². The van der Waals surface area contributed by atoms with Crippen LogP contribution in [0.15, 0.2) is 6.33 Å².